The number of hydrogen-bond acceptors (Lipinski definition) is 2. The molecular weight excluding hydrogens is 128 g/mol. The quantitative estimate of drug-likeness (QED) is 0.603. The lowest BCUT2D eigenvalue weighted by Crippen LogP contribution is -2.18. The summed E-state index contributed by atoms with van der Waals surface area (Å²) < 4.78 is 5.09. The Morgan fingerprint density at radius 2 is 2.00 bits per heavy atom. The molecule has 0 fully saturated rings. The van der Waals surface area contributed by atoms with Gasteiger partial charge < -0.3 is 9.84 Å². The van der Waals surface area contributed by atoms with Gasteiger partial charge in [-0.05, 0) is 33.3 Å². The average molecular weight is 144 g/mol. The minimum Gasteiger partial charge on any atom is -0.481 e. The van der Waals surface area contributed by atoms with Crippen molar-refractivity contribution in [2.45, 2.75) is 39.7 Å². The highest BCUT2D eigenvalue weighted by Gasteiger charge is 2.11. The first-order valence-corrected chi connectivity index (χ1v) is 3.54. The predicted molar refractivity (Wildman–Crippen MR) is 41.8 cm³/mol. The molecule has 0 aromatic rings. The van der Waals surface area contributed by atoms with Crippen LogP contribution in [0.15, 0.2) is 12.0 Å². The Morgan fingerprint density at radius 1 is 1.50 bits per heavy atom. The van der Waals surface area contributed by atoms with Crippen molar-refractivity contribution in [1.29, 1.82) is 0 Å². The van der Waals surface area contributed by atoms with Crippen molar-refractivity contribution >= 4 is 0 Å². The van der Waals surface area contributed by atoms with E-state index in [2.05, 4.69) is 0 Å². The van der Waals surface area contributed by atoms with Crippen LogP contribution in [-0.2, 0) is 4.74 Å². The Bertz CT molecular complexity index is 120. The van der Waals surface area contributed by atoms with E-state index in [-0.39, 0.29) is 11.5 Å². The molecule has 0 unspecified atom stereocenters. The summed E-state index contributed by atoms with van der Waals surface area (Å²) in [6.07, 6.45) is 2.44. The molecule has 0 rings (SSSR count). The van der Waals surface area contributed by atoms with E-state index in [4.69, 9.17) is 9.84 Å². The fraction of sp³-hybridized carbons (Fsp3) is 0.750. The molecule has 0 bridgehead atoms. The Kier molecular flexibility index (Phi) is 3.26. The van der Waals surface area contributed by atoms with Crippen LogP contribution in [-0.4, -0.2) is 10.7 Å². The summed E-state index contributed by atoms with van der Waals surface area (Å²) in [6, 6.07) is 0. The molecule has 0 radical (unpaired) electrons. The van der Waals surface area contributed by atoms with Crippen molar-refractivity contribution in [1.82, 2.24) is 0 Å². The first-order valence-electron chi connectivity index (χ1n) is 3.54. The third-order valence-corrected chi connectivity index (χ3v) is 0.789. The van der Waals surface area contributed by atoms with E-state index in [1.54, 1.807) is 6.08 Å². The summed E-state index contributed by atoms with van der Waals surface area (Å²) in [7, 11) is 0. The Hall–Kier alpha value is -0.660. The molecule has 2 heteroatoms. The van der Waals surface area contributed by atoms with Crippen LogP contribution in [0.5, 0.6) is 0 Å². The summed E-state index contributed by atoms with van der Waals surface area (Å²) in [5.74, 6) is 0.0231. The van der Waals surface area contributed by atoms with Gasteiger partial charge in [0, 0.05) is 0 Å². The van der Waals surface area contributed by atoms with Gasteiger partial charge in [-0.2, -0.15) is 0 Å². The van der Waals surface area contributed by atoms with Gasteiger partial charge in [0.15, 0.2) is 0 Å². The van der Waals surface area contributed by atoms with E-state index in [0.717, 1.165) is 6.42 Å². The summed E-state index contributed by atoms with van der Waals surface area (Å²) in [4.78, 5) is 0. The third-order valence-electron chi connectivity index (χ3n) is 0.789. The Morgan fingerprint density at radius 3 is 2.30 bits per heavy atom. The van der Waals surface area contributed by atoms with Gasteiger partial charge in [0.1, 0.15) is 5.60 Å². The maximum absolute atomic E-state index is 9.02. The van der Waals surface area contributed by atoms with Crippen LogP contribution < -0.4 is 0 Å². The summed E-state index contributed by atoms with van der Waals surface area (Å²) >= 11 is 0. The zero-order valence-corrected chi connectivity index (χ0v) is 7.14. The van der Waals surface area contributed by atoms with Gasteiger partial charge in [0.25, 0.3) is 5.95 Å². The fourth-order valence-corrected chi connectivity index (χ4v) is 0.530. The lowest BCUT2D eigenvalue weighted by molar-refractivity contribution is -0.0151. The van der Waals surface area contributed by atoms with Crippen LogP contribution in [0.2, 0.25) is 0 Å². The predicted octanol–water partition coefficient (Wildman–Crippen LogP) is 2.61. The third kappa shape index (κ3) is 5.48. The topological polar surface area (TPSA) is 29.5 Å². The second kappa shape index (κ2) is 3.49. The standard InChI is InChI=1S/C8H16O2/c1-5-6-7(9)10-8(2,3)4/h6,9H,5H2,1-4H3/b7-6+. The number of hydrogen-bond donors (Lipinski definition) is 1. The fourth-order valence-electron chi connectivity index (χ4n) is 0.530. The molecule has 0 aromatic carbocycles. The van der Waals surface area contributed by atoms with Crippen molar-refractivity contribution in [2.75, 3.05) is 0 Å². The average Bonchev–Trinajstić information content (AvgIpc) is 1.59. The van der Waals surface area contributed by atoms with Gasteiger partial charge in [-0.25, -0.2) is 0 Å². The largest absolute Gasteiger partial charge is 0.481 e. The molecule has 0 spiro atoms. The van der Waals surface area contributed by atoms with Crippen molar-refractivity contribution in [3.63, 3.8) is 0 Å². The maximum atomic E-state index is 9.02. The number of rotatable bonds is 2. The summed E-state index contributed by atoms with van der Waals surface area (Å²) in [5.41, 5.74) is -0.296. The van der Waals surface area contributed by atoms with E-state index >= 15 is 0 Å². The normalized spacial score (nSPS) is 13.4. The minimum atomic E-state index is -0.296. The van der Waals surface area contributed by atoms with Crippen molar-refractivity contribution in [2.24, 2.45) is 0 Å². The smallest absolute Gasteiger partial charge is 0.272 e. The van der Waals surface area contributed by atoms with Gasteiger partial charge in [-0.3, -0.25) is 0 Å². The minimum absolute atomic E-state index is 0.0231. The van der Waals surface area contributed by atoms with Crippen LogP contribution in [0, 0.1) is 0 Å². The second-order valence-corrected chi connectivity index (χ2v) is 3.17. The van der Waals surface area contributed by atoms with E-state index in [1.165, 1.54) is 0 Å². The molecule has 1 N–H and O–H groups in total. The molecule has 0 saturated carbocycles. The first-order chi connectivity index (χ1) is 4.45. The van der Waals surface area contributed by atoms with Gasteiger partial charge in [-0.1, -0.05) is 6.92 Å². The monoisotopic (exact) mass is 144 g/mol. The highest BCUT2D eigenvalue weighted by molar-refractivity contribution is 4.82. The molecule has 0 aliphatic carbocycles. The lowest BCUT2D eigenvalue weighted by Gasteiger charge is -2.19. The van der Waals surface area contributed by atoms with Crippen molar-refractivity contribution in [3.05, 3.63) is 12.0 Å². The van der Waals surface area contributed by atoms with E-state index < -0.39 is 0 Å². The molecule has 0 aromatic heterocycles. The van der Waals surface area contributed by atoms with Crippen LogP contribution in [0.4, 0.5) is 0 Å². The molecule has 0 amide bonds. The first kappa shape index (κ1) is 9.34. The maximum Gasteiger partial charge on any atom is 0.272 e. The van der Waals surface area contributed by atoms with E-state index in [0.29, 0.717) is 0 Å². The van der Waals surface area contributed by atoms with Crippen molar-refractivity contribution in [3.8, 4) is 0 Å². The second-order valence-electron chi connectivity index (χ2n) is 3.17. The molecule has 10 heavy (non-hydrogen) atoms. The van der Waals surface area contributed by atoms with Gasteiger partial charge in [0.2, 0.25) is 0 Å². The zero-order chi connectivity index (χ0) is 8.20. The highest BCUT2D eigenvalue weighted by Crippen LogP contribution is 2.11. The summed E-state index contributed by atoms with van der Waals surface area (Å²) in [6.45, 7) is 7.63. The van der Waals surface area contributed by atoms with Crippen LogP contribution in [0.25, 0.3) is 0 Å². The van der Waals surface area contributed by atoms with E-state index in [1.807, 2.05) is 27.7 Å². The molecular formula is C8H16O2. The molecule has 2 nitrogen and oxygen atoms in total. The van der Waals surface area contributed by atoms with Gasteiger partial charge in [-0.15, -0.1) is 0 Å². The molecule has 0 aliphatic heterocycles. The van der Waals surface area contributed by atoms with E-state index in [9.17, 15) is 0 Å². The summed E-state index contributed by atoms with van der Waals surface area (Å²) in [5, 5.41) is 9.02. The molecule has 60 valence electrons. The van der Waals surface area contributed by atoms with Crippen molar-refractivity contribution < 1.29 is 9.84 Å². The Labute approximate surface area is 62.5 Å². The molecule has 0 aliphatic rings. The molecule has 0 heterocycles. The van der Waals surface area contributed by atoms with Gasteiger partial charge >= 0.3 is 0 Å². The molecule has 0 saturated heterocycles. The highest BCUT2D eigenvalue weighted by atomic mass is 16.6. The zero-order valence-electron chi connectivity index (χ0n) is 7.14. The van der Waals surface area contributed by atoms with Crippen LogP contribution >= 0.6 is 0 Å². The van der Waals surface area contributed by atoms with Crippen LogP contribution in [0.3, 0.4) is 0 Å². The Balaban J connectivity index is 3.79. The number of aliphatic hydroxyl groups is 1. The number of aliphatic hydroxyl groups excluding tert-OH is 1. The number of ether oxygens (including phenoxy) is 1. The van der Waals surface area contributed by atoms with Gasteiger partial charge in [0.05, 0.1) is 0 Å². The SMILES string of the molecule is CC/C=C(\O)OC(C)(C)C. The number of allylic oxidation sites excluding steroid dienone is 1. The molecule has 0 atom stereocenters. The lowest BCUT2D eigenvalue weighted by atomic mass is 10.2. The van der Waals surface area contributed by atoms with Crippen LogP contribution in [0.1, 0.15) is 34.1 Å².